The van der Waals surface area contributed by atoms with Gasteiger partial charge in [0, 0.05) is 45.4 Å². The number of aliphatic imine (C=N–C) groups is 1. The molecular weight excluding hydrogens is 469 g/mol. The van der Waals surface area contributed by atoms with Gasteiger partial charge in [0.2, 0.25) is 0 Å². The molecule has 0 bridgehead atoms. The quantitative estimate of drug-likeness (QED) is 0.269. The van der Waals surface area contributed by atoms with Crippen LogP contribution in [0.4, 0.5) is 0 Å². The van der Waals surface area contributed by atoms with Crippen molar-refractivity contribution in [3.05, 3.63) is 29.8 Å². The van der Waals surface area contributed by atoms with Crippen molar-refractivity contribution >= 4 is 29.9 Å². The van der Waals surface area contributed by atoms with Gasteiger partial charge in [-0.1, -0.05) is 18.2 Å². The lowest BCUT2D eigenvalue weighted by atomic mass is 9.90. The van der Waals surface area contributed by atoms with Crippen LogP contribution in [0, 0.1) is 0 Å². The second-order valence-electron chi connectivity index (χ2n) is 7.84. The van der Waals surface area contributed by atoms with Gasteiger partial charge < -0.3 is 24.8 Å². The van der Waals surface area contributed by atoms with E-state index < -0.39 is 0 Å². The number of guanidine groups is 1. The molecule has 1 aromatic carbocycles. The van der Waals surface area contributed by atoms with Gasteiger partial charge in [0.05, 0.1) is 12.1 Å². The summed E-state index contributed by atoms with van der Waals surface area (Å²) in [7, 11) is 1.81. The van der Waals surface area contributed by atoms with E-state index in [0.29, 0.717) is 6.10 Å². The molecule has 1 fully saturated rings. The fourth-order valence-corrected chi connectivity index (χ4v) is 3.66. The monoisotopic (exact) mass is 503 g/mol. The highest BCUT2D eigenvalue weighted by atomic mass is 127. The molecular formula is C21H34IN3O3. The van der Waals surface area contributed by atoms with Crippen molar-refractivity contribution in [2.45, 2.75) is 57.3 Å². The third-order valence-corrected chi connectivity index (χ3v) is 5.05. The molecule has 1 saturated heterocycles. The lowest BCUT2D eigenvalue weighted by Gasteiger charge is -2.38. The zero-order chi connectivity index (χ0) is 19.1. The average Bonchev–Trinajstić information content (AvgIpc) is 2.66. The molecule has 1 unspecified atom stereocenters. The fourth-order valence-electron chi connectivity index (χ4n) is 3.66. The molecule has 0 amide bonds. The Morgan fingerprint density at radius 1 is 1.25 bits per heavy atom. The highest BCUT2D eigenvalue weighted by molar-refractivity contribution is 14.0. The topological polar surface area (TPSA) is 64.1 Å². The summed E-state index contributed by atoms with van der Waals surface area (Å²) in [5, 5.41) is 6.97. The first-order valence-corrected chi connectivity index (χ1v) is 10.0. The van der Waals surface area contributed by atoms with Crippen LogP contribution < -0.4 is 15.4 Å². The molecule has 0 saturated carbocycles. The maximum atomic E-state index is 6.11. The zero-order valence-corrected chi connectivity index (χ0v) is 19.5. The highest BCUT2D eigenvalue weighted by Gasteiger charge is 2.33. The van der Waals surface area contributed by atoms with E-state index in [1.807, 2.05) is 19.2 Å². The van der Waals surface area contributed by atoms with Crippen LogP contribution in [0.1, 0.15) is 51.1 Å². The van der Waals surface area contributed by atoms with E-state index in [-0.39, 0.29) is 35.6 Å². The minimum Gasteiger partial charge on any atom is -0.487 e. The van der Waals surface area contributed by atoms with Crippen molar-refractivity contribution in [2.24, 2.45) is 4.99 Å². The Kier molecular flexibility index (Phi) is 9.30. The summed E-state index contributed by atoms with van der Waals surface area (Å²) < 4.78 is 17.4. The predicted molar refractivity (Wildman–Crippen MR) is 123 cm³/mol. The van der Waals surface area contributed by atoms with Crippen LogP contribution in [0.15, 0.2) is 29.3 Å². The third-order valence-electron chi connectivity index (χ3n) is 5.05. The lowest BCUT2D eigenvalue weighted by molar-refractivity contribution is -0.0320. The smallest absolute Gasteiger partial charge is 0.191 e. The van der Waals surface area contributed by atoms with E-state index in [2.05, 4.69) is 41.6 Å². The first kappa shape index (κ1) is 23.2. The molecule has 0 aromatic heterocycles. The summed E-state index contributed by atoms with van der Waals surface area (Å²) in [5.74, 6) is 1.77. The zero-order valence-electron chi connectivity index (χ0n) is 17.2. The van der Waals surface area contributed by atoms with E-state index in [1.165, 1.54) is 5.56 Å². The molecule has 7 heteroatoms. The molecule has 0 radical (unpaired) electrons. The molecule has 2 heterocycles. The van der Waals surface area contributed by atoms with Gasteiger partial charge in [0.15, 0.2) is 5.96 Å². The normalized spacial score (nSPS) is 21.8. The minimum atomic E-state index is -0.206. The van der Waals surface area contributed by atoms with Gasteiger partial charge in [0.1, 0.15) is 11.4 Å². The van der Waals surface area contributed by atoms with Gasteiger partial charge in [-0.3, -0.25) is 4.99 Å². The second kappa shape index (κ2) is 11.2. The number of fused-ring (bicyclic) bond motifs is 1. The number of benzene rings is 1. The predicted octanol–water partition coefficient (Wildman–Crippen LogP) is 3.66. The molecule has 1 aromatic rings. The standard InChI is InChI=1S/C21H33N3O3.HI/c1-21(2)15-18(17-7-4-5-8-19(17)27-21)24-20(22-3)23-11-6-12-26-16-9-13-25-14-10-16;/h4-5,7-8,16,18H,6,9-15H2,1-3H3,(H2,22,23,24);1H. The Hall–Kier alpha value is -1.06. The fraction of sp³-hybridized carbons (Fsp3) is 0.667. The summed E-state index contributed by atoms with van der Waals surface area (Å²) in [6.07, 6.45) is 4.22. The number of hydrogen-bond donors (Lipinski definition) is 2. The molecule has 0 aliphatic carbocycles. The summed E-state index contributed by atoms with van der Waals surface area (Å²) in [6.45, 7) is 7.49. The van der Waals surface area contributed by atoms with Crippen LogP contribution in [0.25, 0.3) is 0 Å². The molecule has 6 nitrogen and oxygen atoms in total. The van der Waals surface area contributed by atoms with Crippen LogP contribution in [0.5, 0.6) is 5.75 Å². The van der Waals surface area contributed by atoms with Crippen molar-refractivity contribution in [3.8, 4) is 5.75 Å². The van der Waals surface area contributed by atoms with Crippen LogP contribution in [-0.2, 0) is 9.47 Å². The number of nitrogens with zero attached hydrogens (tertiary/aromatic N) is 1. The van der Waals surface area contributed by atoms with E-state index in [0.717, 1.165) is 63.8 Å². The lowest BCUT2D eigenvalue weighted by Crippen LogP contribution is -2.45. The number of nitrogens with one attached hydrogen (secondary N) is 2. The minimum absolute atomic E-state index is 0. The van der Waals surface area contributed by atoms with Crippen molar-refractivity contribution in [2.75, 3.05) is 33.4 Å². The van der Waals surface area contributed by atoms with E-state index in [1.54, 1.807) is 0 Å². The summed E-state index contributed by atoms with van der Waals surface area (Å²) in [4.78, 5) is 4.39. The van der Waals surface area contributed by atoms with E-state index >= 15 is 0 Å². The number of rotatable bonds is 6. The molecule has 0 spiro atoms. The van der Waals surface area contributed by atoms with Crippen LogP contribution in [-0.4, -0.2) is 51.1 Å². The maximum Gasteiger partial charge on any atom is 0.191 e. The summed E-state index contributed by atoms with van der Waals surface area (Å²) in [5.41, 5.74) is 0.977. The Balaban J connectivity index is 0.00000280. The van der Waals surface area contributed by atoms with Crippen molar-refractivity contribution in [1.82, 2.24) is 10.6 Å². The molecule has 3 rings (SSSR count). The molecule has 2 N–H and O–H groups in total. The molecule has 2 aliphatic heterocycles. The van der Waals surface area contributed by atoms with Crippen LogP contribution in [0.3, 0.4) is 0 Å². The Morgan fingerprint density at radius 3 is 2.75 bits per heavy atom. The number of hydrogen-bond acceptors (Lipinski definition) is 4. The van der Waals surface area contributed by atoms with E-state index in [9.17, 15) is 0 Å². The summed E-state index contributed by atoms with van der Waals surface area (Å²) in [6, 6.07) is 8.41. The van der Waals surface area contributed by atoms with Crippen LogP contribution in [0.2, 0.25) is 0 Å². The van der Waals surface area contributed by atoms with Crippen molar-refractivity contribution < 1.29 is 14.2 Å². The molecule has 2 aliphatic rings. The number of ether oxygens (including phenoxy) is 3. The van der Waals surface area contributed by atoms with Gasteiger partial charge in [-0.25, -0.2) is 0 Å². The first-order chi connectivity index (χ1) is 13.1. The Labute approximate surface area is 185 Å². The highest BCUT2D eigenvalue weighted by Crippen LogP contribution is 2.39. The Bertz CT molecular complexity index is 633. The Morgan fingerprint density at radius 2 is 2.00 bits per heavy atom. The number of para-hydroxylation sites is 1. The molecule has 158 valence electrons. The van der Waals surface area contributed by atoms with Gasteiger partial charge in [-0.2, -0.15) is 0 Å². The molecule has 1 atom stereocenters. The number of halogens is 1. The van der Waals surface area contributed by atoms with Gasteiger partial charge in [-0.15, -0.1) is 24.0 Å². The largest absolute Gasteiger partial charge is 0.487 e. The maximum absolute atomic E-state index is 6.11. The van der Waals surface area contributed by atoms with E-state index in [4.69, 9.17) is 14.2 Å². The van der Waals surface area contributed by atoms with Crippen molar-refractivity contribution in [1.29, 1.82) is 0 Å². The molecule has 28 heavy (non-hydrogen) atoms. The van der Waals surface area contributed by atoms with Crippen molar-refractivity contribution in [3.63, 3.8) is 0 Å². The summed E-state index contributed by atoms with van der Waals surface area (Å²) >= 11 is 0. The van der Waals surface area contributed by atoms with Gasteiger partial charge in [0.25, 0.3) is 0 Å². The average molecular weight is 503 g/mol. The third kappa shape index (κ3) is 6.77. The second-order valence-corrected chi connectivity index (χ2v) is 7.84. The van der Waals surface area contributed by atoms with Gasteiger partial charge in [-0.05, 0) is 39.2 Å². The SMILES string of the molecule is CN=C(NCCCOC1CCOCC1)NC1CC(C)(C)Oc2ccccc21.I. The first-order valence-electron chi connectivity index (χ1n) is 10.0. The van der Waals surface area contributed by atoms with Gasteiger partial charge >= 0.3 is 0 Å². The van der Waals surface area contributed by atoms with Crippen LogP contribution >= 0.6 is 24.0 Å².